The van der Waals surface area contributed by atoms with Gasteiger partial charge in [0.15, 0.2) is 0 Å². The summed E-state index contributed by atoms with van der Waals surface area (Å²) >= 11 is 0. The Balaban J connectivity index is 2.45. The maximum absolute atomic E-state index is 10.3. The van der Waals surface area contributed by atoms with Crippen molar-refractivity contribution in [3.8, 4) is 22.6 Å². The first-order valence-corrected chi connectivity index (χ1v) is 6.57. The molecule has 0 aliphatic carbocycles. The molecule has 0 unspecified atom stereocenters. The minimum absolute atomic E-state index is 0.277. The molecule has 20 heavy (non-hydrogen) atoms. The van der Waals surface area contributed by atoms with Crippen LogP contribution in [0.4, 0.5) is 0 Å². The first-order valence-electron chi connectivity index (χ1n) is 6.57. The fourth-order valence-corrected chi connectivity index (χ4v) is 2.66. The van der Waals surface area contributed by atoms with Crippen LogP contribution in [0.15, 0.2) is 54.6 Å². The highest BCUT2D eigenvalue weighted by atomic mass is 16.5. The van der Waals surface area contributed by atoms with Gasteiger partial charge in [0.1, 0.15) is 11.5 Å². The summed E-state index contributed by atoms with van der Waals surface area (Å²) in [5, 5.41) is 12.5. The molecule has 100 valence electrons. The second-order valence-corrected chi connectivity index (χ2v) is 4.83. The Morgan fingerprint density at radius 1 is 0.850 bits per heavy atom. The second kappa shape index (κ2) is 4.89. The molecule has 0 bridgehead atoms. The van der Waals surface area contributed by atoms with Gasteiger partial charge in [-0.3, -0.25) is 0 Å². The maximum atomic E-state index is 10.3. The van der Waals surface area contributed by atoms with Crippen molar-refractivity contribution in [2.24, 2.45) is 0 Å². The molecule has 0 aliphatic rings. The Morgan fingerprint density at radius 2 is 1.65 bits per heavy atom. The van der Waals surface area contributed by atoms with E-state index in [1.165, 1.54) is 0 Å². The first kappa shape index (κ1) is 12.5. The van der Waals surface area contributed by atoms with E-state index in [9.17, 15) is 5.11 Å². The second-order valence-electron chi connectivity index (χ2n) is 4.83. The van der Waals surface area contributed by atoms with Crippen molar-refractivity contribution >= 4 is 10.8 Å². The summed E-state index contributed by atoms with van der Waals surface area (Å²) in [6, 6.07) is 17.7. The molecule has 0 aliphatic heterocycles. The molecule has 1 N–H and O–H groups in total. The predicted octanol–water partition coefficient (Wildman–Crippen LogP) is 4.53. The van der Waals surface area contributed by atoms with Gasteiger partial charge in [-0.15, -0.1) is 0 Å². The largest absolute Gasteiger partial charge is 0.507 e. The zero-order valence-corrected chi connectivity index (χ0v) is 11.6. The average molecular weight is 264 g/mol. The van der Waals surface area contributed by atoms with Gasteiger partial charge in [0.25, 0.3) is 0 Å². The lowest BCUT2D eigenvalue weighted by molar-refractivity contribution is 0.416. The number of ether oxygens (including phenoxy) is 1. The van der Waals surface area contributed by atoms with E-state index in [0.717, 1.165) is 33.2 Å². The number of hydrogen-bond acceptors (Lipinski definition) is 2. The summed E-state index contributed by atoms with van der Waals surface area (Å²) in [5.74, 6) is 1.05. The van der Waals surface area contributed by atoms with E-state index in [2.05, 4.69) is 12.1 Å². The van der Waals surface area contributed by atoms with Crippen molar-refractivity contribution in [2.45, 2.75) is 6.92 Å². The van der Waals surface area contributed by atoms with Gasteiger partial charge in [0.05, 0.1) is 7.11 Å². The molecule has 2 heteroatoms. The van der Waals surface area contributed by atoms with E-state index in [-0.39, 0.29) is 5.75 Å². The van der Waals surface area contributed by atoms with Crippen molar-refractivity contribution in [2.75, 3.05) is 7.11 Å². The fraction of sp³-hybridized carbons (Fsp3) is 0.111. The molecular weight excluding hydrogens is 248 g/mol. The fourth-order valence-electron chi connectivity index (χ4n) is 2.66. The molecule has 0 atom stereocenters. The van der Waals surface area contributed by atoms with Crippen LogP contribution in [0.3, 0.4) is 0 Å². The molecule has 3 rings (SSSR count). The van der Waals surface area contributed by atoms with E-state index >= 15 is 0 Å². The van der Waals surface area contributed by atoms with Crippen LogP contribution in [0.1, 0.15) is 5.56 Å². The van der Waals surface area contributed by atoms with Gasteiger partial charge in [0.2, 0.25) is 0 Å². The molecule has 0 aromatic heterocycles. The molecule has 0 saturated heterocycles. The van der Waals surface area contributed by atoms with Crippen molar-refractivity contribution < 1.29 is 9.84 Å². The summed E-state index contributed by atoms with van der Waals surface area (Å²) in [6.07, 6.45) is 0. The summed E-state index contributed by atoms with van der Waals surface area (Å²) in [6.45, 7) is 2.00. The zero-order valence-electron chi connectivity index (χ0n) is 11.6. The molecule has 3 aromatic carbocycles. The Bertz CT molecular complexity index is 755. The molecular formula is C18H16O2. The highest BCUT2D eigenvalue weighted by Gasteiger charge is 2.15. The van der Waals surface area contributed by atoms with Gasteiger partial charge in [-0.1, -0.05) is 42.5 Å². The molecule has 0 fully saturated rings. The number of aryl methyl sites for hydroxylation is 1. The summed E-state index contributed by atoms with van der Waals surface area (Å²) in [5.41, 5.74) is 2.81. The normalized spacial score (nSPS) is 10.7. The maximum Gasteiger partial charge on any atom is 0.127 e. The lowest BCUT2D eigenvalue weighted by Gasteiger charge is -2.15. The van der Waals surface area contributed by atoms with Crippen LogP contribution in [-0.4, -0.2) is 12.2 Å². The first-order chi connectivity index (χ1) is 9.72. The Kier molecular flexibility index (Phi) is 3.07. The lowest BCUT2D eigenvalue weighted by atomic mass is 9.93. The van der Waals surface area contributed by atoms with Crippen molar-refractivity contribution in [3.05, 3.63) is 60.2 Å². The van der Waals surface area contributed by atoms with Gasteiger partial charge >= 0.3 is 0 Å². The van der Waals surface area contributed by atoms with E-state index < -0.39 is 0 Å². The number of methoxy groups -OCH3 is 1. The van der Waals surface area contributed by atoms with Gasteiger partial charge in [-0.05, 0) is 35.4 Å². The van der Waals surface area contributed by atoms with Crippen LogP contribution in [0.5, 0.6) is 11.5 Å². The van der Waals surface area contributed by atoms with Gasteiger partial charge in [-0.25, -0.2) is 0 Å². The highest BCUT2D eigenvalue weighted by molar-refractivity contribution is 6.01. The molecule has 0 spiro atoms. The Labute approximate surface area is 118 Å². The zero-order chi connectivity index (χ0) is 14.1. The summed E-state index contributed by atoms with van der Waals surface area (Å²) in [4.78, 5) is 0. The third-order valence-corrected chi connectivity index (χ3v) is 3.61. The number of benzene rings is 3. The SMILES string of the molecule is COc1ccc2ccccc2c1-c1c(C)cccc1O. The van der Waals surface area contributed by atoms with Crippen LogP contribution < -0.4 is 4.74 Å². The summed E-state index contributed by atoms with van der Waals surface area (Å²) in [7, 11) is 1.66. The number of hydrogen-bond donors (Lipinski definition) is 1. The third kappa shape index (κ3) is 1.90. The van der Waals surface area contributed by atoms with E-state index in [1.54, 1.807) is 13.2 Å². The van der Waals surface area contributed by atoms with Gasteiger partial charge in [0, 0.05) is 11.1 Å². The number of rotatable bonds is 2. The van der Waals surface area contributed by atoms with E-state index in [0.29, 0.717) is 0 Å². The Hall–Kier alpha value is -2.48. The number of phenolic OH excluding ortho intramolecular Hbond substituents is 1. The van der Waals surface area contributed by atoms with Crippen LogP contribution in [0.2, 0.25) is 0 Å². The van der Waals surface area contributed by atoms with Crippen LogP contribution in [0, 0.1) is 6.92 Å². The Morgan fingerprint density at radius 3 is 2.40 bits per heavy atom. The summed E-state index contributed by atoms with van der Waals surface area (Å²) < 4.78 is 5.51. The highest BCUT2D eigenvalue weighted by Crippen LogP contribution is 2.42. The molecule has 3 aromatic rings. The standard InChI is InChI=1S/C18H16O2/c1-12-6-5-9-15(19)17(12)18-14-8-4-3-7-13(14)10-11-16(18)20-2/h3-11,19H,1-2H3. The minimum Gasteiger partial charge on any atom is -0.507 e. The predicted molar refractivity (Wildman–Crippen MR) is 82.3 cm³/mol. The quantitative estimate of drug-likeness (QED) is 0.737. The molecule has 2 nitrogen and oxygen atoms in total. The van der Waals surface area contributed by atoms with Crippen molar-refractivity contribution in [3.63, 3.8) is 0 Å². The monoisotopic (exact) mass is 264 g/mol. The van der Waals surface area contributed by atoms with Crippen LogP contribution >= 0.6 is 0 Å². The minimum atomic E-state index is 0.277. The topological polar surface area (TPSA) is 29.5 Å². The number of phenols is 1. The van der Waals surface area contributed by atoms with Crippen LogP contribution in [-0.2, 0) is 0 Å². The van der Waals surface area contributed by atoms with Crippen molar-refractivity contribution in [1.82, 2.24) is 0 Å². The molecule has 0 amide bonds. The van der Waals surface area contributed by atoms with E-state index in [1.807, 2.05) is 43.3 Å². The molecule has 0 heterocycles. The lowest BCUT2D eigenvalue weighted by Crippen LogP contribution is -1.92. The van der Waals surface area contributed by atoms with E-state index in [4.69, 9.17) is 4.74 Å². The van der Waals surface area contributed by atoms with Crippen molar-refractivity contribution in [1.29, 1.82) is 0 Å². The van der Waals surface area contributed by atoms with Crippen LogP contribution in [0.25, 0.3) is 21.9 Å². The molecule has 0 radical (unpaired) electrons. The average Bonchev–Trinajstić information content (AvgIpc) is 2.47. The third-order valence-electron chi connectivity index (χ3n) is 3.61. The number of aromatic hydroxyl groups is 1. The smallest absolute Gasteiger partial charge is 0.127 e. The molecule has 0 saturated carbocycles. The number of fused-ring (bicyclic) bond motifs is 1. The van der Waals surface area contributed by atoms with Gasteiger partial charge < -0.3 is 9.84 Å². The van der Waals surface area contributed by atoms with Gasteiger partial charge in [-0.2, -0.15) is 0 Å².